The summed E-state index contributed by atoms with van der Waals surface area (Å²) in [5.41, 5.74) is -0.282. The number of carbonyl (C=O) groups is 3. The molecule has 0 heterocycles. The van der Waals surface area contributed by atoms with Crippen LogP contribution in [0.25, 0.3) is 0 Å². The van der Waals surface area contributed by atoms with E-state index in [9.17, 15) is 14.4 Å². The van der Waals surface area contributed by atoms with Crippen LogP contribution >= 0.6 is 23.0 Å². The fraction of sp³-hybridized carbons (Fsp3) is 0.571. The molecule has 7 nitrogen and oxygen atoms in total. The van der Waals surface area contributed by atoms with Gasteiger partial charge in [0, 0.05) is 5.54 Å². The molecule has 0 saturated carbocycles. The van der Waals surface area contributed by atoms with Crippen LogP contribution in [0.3, 0.4) is 0 Å². The number of halogens is 1. The zero-order chi connectivity index (χ0) is 13.6. The first-order chi connectivity index (χ1) is 7.69. The fourth-order valence-corrected chi connectivity index (χ4v) is 1.03. The maximum atomic E-state index is 11.4. The SMILES string of the molecule is CC(C)(C)N[B]NC(=O)B(C(=O)O)C(=O)OI. The van der Waals surface area contributed by atoms with Crippen molar-refractivity contribution < 1.29 is 22.6 Å². The van der Waals surface area contributed by atoms with Crippen LogP contribution in [0.1, 0.15) is 20.8 Å². The molecule has 0 aliphatic heterocycles. The molecule has 0 unspecified atom stereocenters. The summed E-state index contributed by atoms with van der Waals surface area (Å²) in [4.78, 5) is 33.2. The number of hydrogen-bond donors (Lipinski definition) is 3. The summed E-state index contributed by atoms with van der Waals surface area (Å²) in [6, 6.07) is 0. The van der Waals surface area contributed by atoms with Gasteiger partial charge in [-0.3, -0.25) is 14.4 Å². The predicted molar refractivity (Wildman–Crippen MR) is 71.5 cm³/mol. The van der Waals surface area contributed by atoms with Gasteiger partial charge >= 0.3 is 14.3 Å². The van der Waals surface area contributed by atoms with Gasteiger partial charge in [-0.1, -0.05) is 0 Å². The average molecular weight is 353 g/mol. The maximum absolute atomic E-state index is 11.4. The Morgan fingerprint density at radius 3 is 2.24 bits per heavy atom. The maximum Gasteiger partial charge on any atom is 0.506 e. The highest BCUT2D eigenvalue weighted by Gasteiger charge is 2.42. The number of carbonyl (C=O) groups excluding carboxylic acids is 2. The molecule has 0 aliphatic carbocycles. The van der Waals surface area contributed by atoms with Crippen molar-refractivity contribution in [2.45, 2.75) is 26.3 Å². The topological polar surface area (TPSA) is 105 Å². The van der Waals surface area contributed by atoms with Crippen LogP contribution in [0.15, 0.2) is 0 Å². The second-order valence-electron chi connectivity index (χ2n) is 4.21. The van der Waals surface area contributed by atoms with Crippen LogP contribution in [0.4, 0.5) is 14.4 Å². The van der Waals surface area contributed by atoms with E-state index < -0.39 is 24.3 Å². The normalized spacial score (nSPS) is 10.4. The van der Waals surface area contributed by atoms with Gasteiger partial charge in [-0.05, 0) is 20.8 Å². The van der Waals surface area contributed by atoms with E-state index >= 15 is 0 Å². The lowest BCUT2D eigenvalue weighted by atomic mass is 9.48. The van der Waals surface area contributed by atoms with Gasteiger partial charge in [-0.2, -0.15) is 0 Å². The number of hydrogen-bond acceptors (Lipinski definition) is 5. The summed E-state index contributed by atoms with van der Waals surface area (Å²) >= 11 is 1.23. The molecule has 0 aromatic rings. The van der Waals surface area contributed by atoms with Gasteiger partial charge in [0.1, 0.15) is 0 Å². The van der Waals surface area contributed by atoms with Crippen molar-refractivity contribution in [1.82, 2.24) is 10.5 Å². The number of rotatable bonds is 5. The second-order valence-corrected chi connectivity index (χ2v) is 4.66. The van der Waals surface area contributed by atoms with Crippen LogP contribution in [-0.4, -0.2) is 42.5 Å². The van der Waals surface area contributed by atoms with Gasteiger partial charge in [0.25, 0.3) is 11.7 Å². The Morgan fingerprint density at radius 2 is 1.88 bits per heavy atom. The third-order valence-corrected chi connectivity index (χ3v) is 1.97. The first-order valence-electron chi connectivity index (χ1n) is 4.64. The van der Waals surface area contributed by atoms with Crippen molar-refractivity contribution in [3.63, 3.8) is 0 Å². The highest BCUT2D eigenvalue weighted by Crippen LogP contribution is 1.99. The minimum atomic E-state index is -1.87. The van der Waals surface area contributed by atoms with Gasteiger partial charge in [0.15, 0.2) is 28.8 Å². The molecule has 10 heteroatoms. The van der Waals surface area contributed by atoms with Crippen molar-refractivity contribution in [2.75, 3.05) is 0 Å². The molecule has 0 aliphatic rings. The minimum Gasteiger partial charge on any atom is -0.488 e. The molecule has 0 fully saturated rings. The Labute approximate surface area is 114 Å². The first kappa shape index (κ1) is 16.2. The molecule has 0 saturated heterocycles. The van der Waals surface area contributed by atoms with E-state index in [2.05, 4.69) is 13.5 Å². The Balaban J connectivity index is 4.36. The Hall–Kier alpha value is -0.770. The van der Waals surface area contributed by atoms with Gasteiger partial charge < -0.3 is 18.6 Å². The average Bonchev–Trinajstić information content (AvgIpc) is 2.14. The second kappa shape index (κ2) is 6.84. The molecule has 0 rings (SSSR count). The summed E-state index contributed by atoms with van der Waals surface area (Å²) in [5.74, 6) is -3.65. The molecule has 17 heavy (non-hydrogen) atoms. The van der Waals surface area contributed by atoms with Crippen molar-refractivity contribution in [2.24, 2.45) is 0 Å². The zero-order valence-corrected chi connectivity index (χ0v) is 11.8. The fourth-order valence-electron chi connectivity index (χ4n) is 0.772. The van der Waals surface area contributed by atoms with Crippen LogP contribution < -0.4 is 10.5 Å². The molecule has 0 atom stereocenters. The number of amides is 1. The standard InChI is InChI=1S/C7H12B2IN2O5/c1-7(2,3)12-8-11-4(13)9(5(14)15)6(16)17-10/h12H,1-3H3,(H,11,13)(H,14,15). The lowest BCUT2D eigenvalue weighted by Crippen LogP contribution is -2.54. The molecule has 0 aromatic carbocycles. The Bertz CT molecular complexity index is 320. The smallest absolute Gasteiger partial charge is 0.488 e. The van der Waals surface area contributed by atoms with E-state index in [1.165, 1.54) is 30.6 Å². The Morgan fingerprint density at radius 1 is 1.35 bits per heavy atom. The molecular weight excluding hydrogens is 341 g/mol. The molecule has 93 valence electrons. The summed E-state index contributed by atoms with van der Waals surface area (Å²) in [7, 11) is 1.19. The largest absolute Gasteiger partial charge is 0.506 e. The van der Waals surface area contributed by atoms with Gasteiger partial charge in [0.2, 0.25) is 0 Å². The highest BCUT2D eigenvalue weighted by atomic mass is 127. The van der Waals surface area contributed by atoms with Crippen molar-refractivity contribution >= 4 is 54.8 Å². The van der Waals surface area contributed by atoms with E-state index in [0.717, 1.165) is 0 Å². The summed E-state index contributed by atoms with van der Waals surface area (Å²) in [6.07, 6.45) is 0. The quantitative estimate of drug-likeness (QED) is 0.504. The molecule has 0 spiro atoms. The molecule has 3 N–H and O–H groups in total. The minimum absolute atomic E-state index is 0.282. The van der Waals surface area contributed by atoms with E-state index in [4.69, 9.17) is 5.11 Å². The zero-order valence-electron chi connectivity index (χ0n) is 9.61. The number of nitrogens with one attached hydrogen (secondary N) is 2. The van der Waals surface area contributed by atoms with Gasteiger partial charge in [0.05, 0.1) is 0 Å². The predicted octanol–water partition coefficient (Wildman–Crippen LogP) is 1.02. The summed E-state index contributed by atoms with van der Waals surface area (Å²) < 4.78 is 4.20. The van der Waals surface area contributed by atoms with Crippen LogP contribution in [0.2, 0.25) is 0 Å². The first-order valence-corrected chi connectivity index (χ1v) is 5.52. The molecule has 0 bridgehead atoms. The lowest BCUT2D eigenvalue weighted by molar-refractivity contribution is 0.216. The van der Waals surface area contributed by atoms with Crippen LogP contribution in [0, 0.1) is 0 Å². The monoisotopic (exact) mass is 353 g/mol. The molecule has 0 aromatic heterocycles. The van der Waals surface area contributed by atoms with Gasteiger partial charge in [-0.25, -0.2) is 0 Å². The molecule has 1 radical (unpaired) electrons. The van der Waals surface area contributed by atoms with E-state index in [1.807, 2.05) is 20.8 Å². The van der Waals surface area contributed by atoms with Gasteiger partial charge in [-0.15, -0.1) is 0 Å². The Kier molecular flexibility index (Phi) is 6.53. The van der Waals surface area contributed by atoms with Crippen LogP contribution in [-0.2, 0) is 3.07 Å². The van der Waals surface area contributed by atoms with Crippen molar-refractivity contribution in [1.29, 1.82) is 0 Å². The van der Waals surface area contributed by atoms with E-state index in [-0.39, 0.29) is 5.54 Å². The van der Waals surface area contributed by atoms with Crippen molar-refractivity contribution in [3.05, 3.63) is 0 Å². The third-order valence-electron chi connectivity index (χ3n) is 1.54. The summed E-state index contributed by atoms with van der Waals surface area (Å²) in [5, 5.41) is 13.7. The van der Waals surface area contributed by atoms with Crippen molar-refractivity contribution in [3.8, 4) is 0 Å². The van der Waals surface area contributed by atoms with E-state index in [1.54, 1.807) is 0 Å². The molecular formula is C7H12B2IN2O5. The highest BCUT2D eigenvalue weighted by molar-refractivity contribution is 14.1. The molecule has 1 amide bonds. The lowest BCUT2D eigenvalue weighted by Gasteiger charge is -2.19. The van der Waals surface area contributed by atoms with Crippen LogP contribution in [0.5, 0.6) is 0 Å². The summed E-state index contributed by atoms with van der Waals surface area (Å²) in [6.45, 7) is 3.68. The third kappa shape index (κ3) is 6.51. The van der Waals surface area contributed by atoms with E-state index in [0.29, 0.717) is 0 Å². The number of carboxylic acid groups (broad SMARTS) is 1.